The number of hydrogen-bond acceptors (Lipinski definition) is 4. The van der Waals surface area contributed by atoms with Crippen molar-refractivity contribution < 1.29 is 19.5 Å². The lowest BCUT2D eigenvalue weighted by Gasteiger charge is -2.12. The molecule has 1 aromatic heterocycles. The number of aryl methyl sites for hydroxylation is 3. The van der Waals surface area contributed by atoms with E-state index in [4.69, 9.17) is 5.11 Å². The van der Waals surface area contributed by atoms with Gasteiger partial charge in [0.2, 0.25) is 0 Å². The third-order valence-corrected chi connectivity index (χ3v) is 5.58. The maximum atomic E-state index is 12.4. The molecule has 2 heterocycles. The minimum Gasteiger partial charge on any atom is -0.480 e. The van der Waals surface area contributed by atoms with Crippen LogP contribution in [0.3, 0.4) is 0 Å². The minimum atomic E-state index is -1.22. The zero-order valence-corrected chi connectivity index (χ0v) is 16.4. The second-order valence-electron chi connectivity index (χ2n) is 6.59. The van der Waals surface area contributed by atoms with Crippen molar-refractivity contribution in [3.05, 3.63) is 57.2 Å². The van der Waals surface area contributed by atoms with Crippen molar-refractivity contribution in [1.29, 1.82) is 0 Å². The van der Waals surface area contributed by atoms with E-state index >= 15 is 0 Å². The van der Waals surface area contributed by atoms with Gasteiger partial charge in [0.05, 0.1) is 4.91 Å². The molecule has 1 aromatic carbocycles. The van der Waals surface area contributed by atoms with Crippen LogP contribution in [-0.4, -0.2) is 38.2 Å². The summed E-state index contributed by atoms with van der Waals surface area (Å²) in [6.45, 7) is 7.44. The van der Waals surface area contributed by atoms with Crippen LogP contribution in [0.2, 0.25) is 0 Å². The predicted molar refractivity (Wildman–Crippen MR) is 105 cm³/mol. The lowest BCUT2D eigenvalue weighted by molar-refractivity contribution is -0.140. The lowest BCUT2D eigenvalue weighted by Crippen LogP contribution is -2.33. The summed E-state index contributed by atoms with van der Waals surface area (Å²) in [5.74, 6) is -1.78. The van der Waals surface area contributed by atoms with Crippen LogP contribution in [0.4, 0.5) is 4.79 Å². The quantitative estimate of drug-likeness (QED) is 0.811. The molecule has 1 aliphatic heterocycles. The van der Waals surface area contributed by atoms with Crippen molar-refractivity contribution in [2.24, 2.45) is 0 Å². The number of hydrogen-bond donors (Lipinski definition) is 1. The maximum absolute atomic E-state index is 12.4. The van der Waals surface area contributed by atoms with Crippen LogP contribution in [0, 0.1) is 27.7 Å². The van der Waals surface area contributed by atoms with Crippen molar-refractivity contribution in [3.8, 4) is 5.69 Å². The maximum Gasteiger partial charge on any atom is 0.323 e. The monoisotopic (exact) mass is 384 g/mol. The molecule has 0 unspecified atom stereocenters. The molecule has 2 amide bonds. The SMILES string of the molecule is Cc1ccc(-n2c(C)cc(/C=C3/SC(=O)N(CC(=O)O)C3=O)c2C)cc1C. The number of carboxylic acid groups (broad SMARTS) is 1. The first-order valence-corrected chi connectivity index (χ1v) is 9.24. The molecule has 1 saturated heterocycles. The fourth-order valence-electron chi connectivity index (χ4n) is 3.11. The lowest BCUT2D eigenvalue weighted by atomic mass is 10.1. The van der Waals surface area contributed by atoms with E-state index in [1.54, 1.807) is 6.08 Å². The summed E-state index contributed by atoms with van der Waals surface area (Å²) in [7, 11) is 0. The van der Waals surface area contributed by atoms with Crippen LogP contribution in [0.1, 0.15) is 28.1 Å². The highest BCUT2D eigenvalue weighted by atomic mass is 32.2. The van der Waals surface area contributed by atoms with Crippen LogP contribution in [0.5, 0.6) is 0 Å². The number of nitrogens with zero attached hydrogens (tertiary/aromatic N) is 2. The molecular formula is C20H20N2O4S. The van der Waals surface area contributed by atoms with Gasteiger partial charge in [-0.15, -0.1) is 0 Å². The highest BCUT2D eigenvalue weighted by Gasteiger charge is 2.36. The van der Waals surface area contributed by atoms with Gasteiger partial charge in [0.1, 0.15) is 6.54 Å². The zero-order chi connectivity index (χ0) is 19.9. The minimum absolute atomic E-state index is 0.238. The predicted octanol–water partition coefficient (Wildman–Crippen LogP) is 3.83. The average Bonchev–Trinajstić information content (AvgIpc) is 3.01. The molecule has 7 heteroatoms. The molecule has 0 aliphatic carbocycles. The Kier molecular flexibility index (Phi) is 4.97. The summed E-state index contributed by atoms with van der Waals surface area (Å²) >= 11 is 0.769. The van der Waals surface area contributed by atoms with Gasteiger partial charge in [-0.25, -0.2) is 0 Å². The molecule has 27 heavy (non-hydrogen) atoms. The van der Waals surface area contributed by atoms with E-state index in [1.165, 1.54) is 11.1 Å². The molecule has 0 radical (unpaired) electrons. The number of benzene rings is 1. The largest absolute Gasteiger partial charge is 0.480 e. The second-order valence-corrected chi connectivity index (χ2v) is 7.59. The van der Waals surface area contributed by atoms with Gasteiger partial charge < -0.3 is 9.67 Å². The molecule has 140 valence electrons. The van der Waals surface area contributed by atoms with Gasteiger partial charge in [0, 0.05) is 17.1 Å². The van der Waals surface area contributed by atoms with E-state index in [0.717, 1.165) is 39.3 Å². The summed E-state index contributed by atoms with van der Waals surface area (Å²) < 4.78 is 2.10. The number of thioether (sulfide) groups is 1. The first kappa shape index (κ1) is 19.0. The molecule has 0 bridgehead atoms. The number of rotatable bonds is 4. The molecule has 0 spiro atoms. The van der Waals surface area contributed by atoms with Gasteiger partial charge in [0.15, 0.2) is 0 Å². The summed E-state index contributed by atoms with van der Waals surface area (Å²) in [5.41, 5.74) is 6.22. The van der Waals surface area contributed by atoms with Gasteiger partial charge >= 0.3 is 5.97 Å². The molecule has 1 fully saturated rings. The Morgan fingerprint density at radius 2 is 1.81 bits per heavy atom. The third-order valence-electron chi connectivity index (χ3n) is 4.67. The van der Waals surface area contributed by atoms with E-state index < -0.39 is 23.7 Å². The Hall–Kier alpha value is -2.80. The number of aromatic nitrogens is 1. The van der Waals surface area contributed by atoms with E-state index in [0.29, 0.717) is 0 Å². The van der Waals surface area contributed by atoms with Crippen molar-refractivity contribution in [1.82, 2.24) is 9.47 Å². The van der Waals surface area contributed by atoms with Gasteiger partial charge in [0.25, 0.3) is 11.1 Å². The number of carbonyl (C=O) groups is 3. The van der Waals surface area contributed by atoms with Crippen LogP contribution in [0.25, 0.3) is 11.8 Å². The van der Waals surface area contributed by atoms with Crippen molar-refractivity contribution in [3.63, 3.8) is 0 Å². The number of imide groups is 1. The topological polar surface area (TPSA) is 79.6 Å². The second kappa shape index (κ2) is 7.08. The standard InChI is InChI=1S/C20H20N2O4S/c1-11-5-6-16(7-12(11)2)22-13(3)8-15(14(22)4)9-17-19(25)21(10-18(23)24)20(26)27-17/h5-9H,10H2,1-4H3,(H,23,24)/b17-9+. The molecule has 0 atom stereocenters. The molecular weight excluding hydrogens is 364 g/mol. The van der Waals surface area contributed by atoms with E-state index in [9.17, 15) is 14.4 Å². The highest BCUT2D eigenvalue weighted by Crippen LogP contribution is 2.33. The molecule has 3 rings (SSSR count). The van der Waals surface area contributed by atoms with Crippen LogP contribution in [0.15, 0.2) is 29.2 Å². The number of carbonyl (C=O) groups excluding carboxylic acids is 2. The van der Waals surface area contributed by atoms with Crippen molar-refractivity contribution in [2.75, 3.05) is 6.54 Å². The third kappa shape index (κ3) is 3.55. The molecule has 6 nitrogen and oxygen atoms in total. The Labute approximate surface area is 161 Å². The van der Waals surface area contributed by atoms with Gasteiger partial charge in [-0.05, 0) is 80.4 Å². The smallest absolute Gasteiger partial charge is 0.323 e. The molecule has 2 aromatic rings. The Balaban J connectivity index is 1.99. The first-order valence-electron chi connectivity index (χ1n) is 8.42. The fourth-order valence-corrected chi connectivity index (χ4v) is 3.94. The van der Waals surface area contributed by atoms with E-state index in [1.807, 2.05) is 26.0 Å². The summed E-state index contributed by atoms with van der Waals surface area (Å²) in [6, 6.07) is 8.18. The molecule has 1 aliphatic rings. The van der Waals surface area contributed by atoms with Crippen molar-refractivity contribution in [2.45, 2.75) is 27.7 Å². The Morgan fingerprint density at radius 3 is 2.44 bits per heavy atom. The van der Waals surface area contributed by atoms with E-state index in [2.05, 4.69) is 30.5 Å². The number of carboxylic acids is 1. The number of amides is 2. The molecule has 0 saturated carbocycles. The fraction of sp³-hybridized carbons (Fsp3) is 0.250. The van der Waals surface area contributed by atoms with Gasteiger partial charge in [-0.3, -0.25) is 19.3 Å². The van der Waals surface area contributed by atoms with E-state index in [-0.39, 0.29) is 4.91 Å². The zero-order valence-electron chi connectivity index (χ0n) is 15.6. The highest BCUT2D eigenvalue weighted by molar-refractivity contribution is 8.18. The average molecular weight is 384 g/mol. The summed E-state index contributed by atoms with van der Waals surface area (Å²) in [6.07, 6.45) is 1.66. The van der Waals surface area contributed by atoms with Crippen LogP contribution < -0.4 is 0 Å². The normalized spacial score (nSPS) is 15.9. The molecule has 1 N–H and O–H groups in total. The number of aliphatic carboxylic acids is 1. The first-order chi connectivity index (χ1) is 12.7. The Morgan fingerprint density at radius 1 is 1.11 bits per heavy atom. The summed E-state index contributed by atoms with van der Waals surface area (Å²) in [4.78, 5) is 36.1. The van der Waals surface area contributed by atoms with Crippen LogP contribution in [-0.2, 0) is 9.59 Å². The van der Waals surface area contributed by atoms with Gasteiger partial charge in [-0.2, -0.15) is 0 Å². The van der Waals surface area contributed by atoms with Crippen LogP contribution >= 0.6 is 11.8 Å². The van der Waals surface area contributed by atoms with Gasteiger partial charge in [-0.1, -0.05) is 6.07 Å². The Bertz CT molecular complexity index is 1000. The van der Waals surface area contributed by atoms with Crippen molar-refractivity contribution >= 4 is 35.0 Å². The summed E-state index contributed by atoms with van der Waals surface area (Å²) in [5, 5.41) is 8.30.